The minimum Gasteiger partial charge on any atom is -0.287 e. The Morgan fingerprint density at radius 1 is 0.923 bits per heavy atom. The van der Waals surface area contributed by atoms with Crippen molar-refractivity contribution in [1.29, 1.82) is 5.26 Å². The zero-order valence-corrected chi connectivity index (χ0v) is 15.1. The number of thiocarbonyl (C=S) groups is 1. The number of benzene rings is 2. The highest BCUT2D eigenvalue weighted by molar-refractivity contribution is 7.81. The van der Waals surface area contributed by atoms with Crippen molar-refractivity contribution in [1.82, 2.24) is 9.80 Å². The number of carbonyl (C=O) groups is 2. The second-order valence-corrected chi connectivity index (χ2v) is 6.20. The van der Waals surface area contributed by atoms with Gasteiger partial charge in [-0.3, -0.25) is 14.6 Å². The number of imide groups is 1. The number of nitriles is 1. The van der Waals surface area contributed by atoms with Gasteiger partial charge in [0.15, 0.2) is 0 Å². The van der Waals surface area contributed by atoms with E-state index in [1.54, 1.807) is 31.3 Å². The van der Waals surface area contributed by atoms with Crippen LogP contribution < -0.4 is 0 Å². The fourth-order valence-corrected chi connectivity index (χ4v) is 3.08. The molecular formula is C20H15N3O2S. The summed E-state index contributed by atoms with van der Waals surface area (Å²) in [7, 11) is 2.99. The van der Waals surface area contributed by atoms with Crippen molar-refractivity contribution in [2.24, 2.45) is 0 Å². The third kappa shape index (κ3) is 2.89. The molecule has 0 spiro atoms. The Kier molecular flexibility index (Phi) is 4.65. The average Bonchev–Trinajstić information content (AvgIpc) is 2.69. The normalized spacial score (nSPS) is 16.6. The van der Waals surface area contributed by atoms with Crippen LogP contribution in [0.1, 0.15) is 16.7 Å². The average molecular weight is 361 g/mol. The number of nitrogens with zero attached hydrogens (tertiary/aromatic N) is 3. The minimum atomic E-state index is -0.462. The number of hydrogen-bond acceptors (Lipinski definition) is 4. The molecule has 128 valence electrons. The number of urea groups is 1. The molecule has 5 nitrogen and oxygen atoms in total. The summed E-state index contributed by atoms with van der Waals surface area (Å²) in [4.78, 5) is 27.6. The standard InChI is InChI=1S/C20H15N3O2S/c1-22-18(24)17(19(26)23(2)20(22)25)16(14-6-4-3-5-7-14)15-10-8-13(12-21)9-11-15/h3-11H,1-2H3. The Balaban J connectivity index is 2.30. The molecule has 1 aliphatic rings. The highest BCUT2D eigenvalue weighted by atomic mass is 32.1. The quantitative estimate of drug-likeness (QED) is 0.609. The first-order chi connectivity index (χ1) is 12.5. The lowest BCUT2D eigenvalue weighted by Gasteiger charge is -2.32. The Morgan fingerprint density at radius 3 is 2.08 bits per heavy atom. The Labute approximate surface area is 156 Å². The maximum atomic E-state index is 12.9. The first kappa shape index (κ1) is 17.5. The molecule has 3 rings (SSSR count). The molecule has 1 fully saturated rings. The molecule has 1 heterocycles. The molecule has 2 aromatic rings. The molecule has 0 atom stereocenters. The highest BCUT2D eigenvalue weighted by Crippen LogP contribution is 2.31. The molecule has 1 aliphatic heterocycles. The van der Waals surface area contributed by atoms with E-state index >= 15 is 0 Å². The first-order valence-electron chi connectivity index (χ1n) is 7.86. The Hall–Kier alpha value is -3.30. The maximum Gasteiger partial charge on any atom is 0.331 e. The van der Waals surface area contributed by atoms with Crippen LogP contribution in [-0.2, 0) is 4.79 Å². The molecule has 0 aromatic heterocycles. The van der Waals surface area contributed by atoms with Gasteiger partial charge in [-0.1, -0.05) is 54.7 Å². The summed E-state index contributed by atoms with van der Waals surface area (Å²) in [6.07, 6.45) is 0. The van der Waals surface area contributed by atoms with Crippen LogP contribution in [0, 0.1) is 11.3 Å². The molecule has 0 N–H and O–H groups in total. The van der Waals surface area contributed by atoms with E-state index in [9.17, 15) is 9.59 Å². The van der Waals surface area contributed by atoms with Crippen molar-refractivity contribution >= 4 is 34.7 Å². The van der Waals surface area contributed by atoms with E-state index in [1.165, 1.54) is 11.9 Å². The SMILES string of the molecule is CN1C(=O)C(=C(c2ccccc2)c2ccc(C#N)cc2)C(=S)N(C)C1=O. The fraction of sp³-hybridized carbons (Fsp3) is 0.100. The number of likely N-dealkylation sites (N-methyl/N-ethyl adjacent to an activating group) is 2. The maximum absolute atomic E-state index is 12.9. The smallest absolute Gasteiger partial charge is 0.287 e. The fourth-order valence-electron chi connectivity index (χ4n) is 2.81. The summed E-state index contributed by atoms with van der Waals surface area (Å²) < 4.78 is 0. The van der Waals surface area contributed by atoms with Gasteiger partial charge in [0.1, 0.15) is 4.99 Å². The first-order valence-corrected chi connectivity index (χ1v) is 8.27. The van der Waals surface area contributed by atoms with E-state index in [1.807, 2.05) is 30.3 Å². The second-order valence-electron chi connectivity index (χ2n) is 5.82. The summed E-state index contributed by atoms with van der Waals surface area (Å²) in [6, 6.07) is 17.9. The predicted molar refractivity (Wildman–Crippen MR) is 102 cm³/mol. The van der Waals surface area contributed by atoms with E-state index < -0.39 is 11.9 Å². The van der Waals surface area contributed by atoms with E-state index in [2.05, 4.69) is 6.07 Å². The van der Waals surface area contributed by atoms with Gasteiger partial charge in [-0.15, -0.1) is 0 Å². The summed E-state index contributed by atoms with van der Waals surface area (Å²) >= 11 is 5.43. The van der Waals surface area contributed by atoms with Gasteiger partial charge in [0.2, 0.25) is 0 Å². The summed E-state index contributed by atoms with van der Waals surface area (Å²) in [5.74, 6) is -0.443. The van der Waals surface area contributed by atoms with E-state index in [4.69, 9.17) is 17.5 Å². The van der Waals surface area contributed by atoms with Gasteiger partial charge in [0.05, 0.1) is 17.2 Å². The van der Waals surface area contributed by atoms with E-state index in [-0.39, 0.29) is 4.99 Å². The Bertz CT molecular complexity index is 946. The molecule has 0 bridgehead atoms. The van der Waals surface area contributed by atoms with Gasteiger partial charge in [0.25, 0.3) is 5.91 Å². The van der Waals surface area contributed by atoms with Crippen LogP contribution in [0.2, 0.25) is 0 Å². The van der Waals surface area contributed by atoms with Crippen LogP contribution in [-0.4, -0.2) is 40.8 Å². The van der Waals surface area contributed by atoms with Crippen molar-refractivity contribution in [3.8, 4) is 6.07 Å². The largest absolute Gasteiger partial charge is 0.331 e. The van der Waals surface area contributed by atoms with Gasteiger partial charge in [-0.25, -0.2) is 4.79 Å². The van der Waals surface area contributed by atoms with Gasteiger partial charge < -0.3 is 0 Å². The summed E-state index contributed by atoms with van der Waals surface area (Å²) in [5.41, 5.74) is 3.00. The zero-order chi connectivity index (χ0) is 18.8. The summed E-state index contributed by atoms with van der Waals surface area (Å²) in [5, 5.41) is 9.03. The van der Waals surface area contributed by atoms with Gasteiger partial charge in [0, 0.05) is 19.7 Å². The lowest BCUT2D eigenvalue weighted by atomic mass is 9.91. The van der Waals surface area contributed by atoms with Crippen LogP contribution in [0.3, 0.4) is 0 Å². The molecule has 3 amide bonds. The van der Waals surface area contributed by atoms with Gasteiger partial charge in [-0.2, -0.15) is 5.26 Å². The number of hydrogen-bond donors (Lipinski definition) is 0. The number of carbonyl (C=O) groups excluding carboxylic acids is 2. The van der Waals surface area contributed by atoms with Crippen LogP contribution in [0.25, 0.3) is 5.57 Å². The molecule has 6 heteroatoms. The molecule has 0 radical (unpaired) electrons. The van der Waals surface area contributed by atoms with Crippen molar-refractivity contribution in [2.75, 3.05) is 14.1 Å². The highest BCUT2D eigenvalue weighted by Gasteiger charge is 2.37. The predicted octanol–water partition coefficient (Wildman–Crippen LogP) is 3.21. The third-order valence-electron chi connectivity index (χ3n) is 4.23. The van der Waals surface area contributed by atoms with Crippen LogP contribution in [0.15, 0.2) is 60.2 Å². The molecule has 1 saturated heterocycles. The molecule has 26 heavy (non-hydrogen) atoms. The van der Waals surface area contributed by atoms with Crippen molar-refractivity contribution < 1.29 is 9.59 Å². The summed E-state index contributed by atoms with van der Waals surface area (Å²) in [6.45, 7) is 0. The monoisotopic (exact) mass is 361 g/mol. The van der Waals surface area contributed by atoms with Gasteiger partial charge in [-0.05, 0) is 23.3 Å². The lowest BCUT2D eigenvalue weighted by Crippen LogP contribution is -2.52. The Morgan fingerprint density at radius 2 is 1.50 bits per heavy atom. The van der Waals surface area contributed by atoms with Crippen LogP contribution in [0.4, 0.5) is 4.79 Å². The van der Waals surface area contributed by atoms with Crippen molar-refractivity contribution in [3.05, 3.63) is 76.9 Å². The van der Waals surface area contributed by atoms with Crippen molar-refractivity contribution in [2.45, 2.75) is 0 Å². The van der Waals surface area contributed by atoms with E-state index in [0.29, 0.717) is 16.7 Å². The molecule has 2 aromatic carbocycles. The molecule has 0 saturated carbocycles. The molecular weight excluding hydrogens is 346 g/mol. The van der Waals surface area contributed by atoms with Crippen LogP contribution in [0.5, 0.6) is 0 Å². The zero-order valence-electron chi connectivity index (χ0n) is 14.3. The number of rotatable bonds is 2. The molecule has 0 unspecified atom stereocenters. The van der Waals surface area contributed by atoms with Crippen molar-refractivity contribution in [3.63, 3.8) is 0 Å². The molecule has 0 aliphatic carbocycles. The third-order valence-corrected chi connectivity index (χ3v) is 4.70. The van der Waals surface area contributed by atoms with E-state index in [0.717, 1.165) is 16.0 Å². The van der Waals surface area contributed by atoms with Crippen LogP contribution >= 0.6 is 12.2 Å². The topological polar surface area (TPSA) is 64.4 Å². The lowest BCUT2D eigenvalue weighted by molar-refractivity contribution is -0.123. The van der Waals surface area contributed by atoms with Gasteiger partial charge >= 0.3 is 6.03 Å². The number of amides is 3. The minimum absolute atomic E-state index is 0.182. The second kappa shape index (κ2) is 6.90.